The van der Waals surface area contributed by atoms with E-state index in [1.807, 2.05) is 35.6 Å². The van der Waals surface area contributed by atoms with Gasteiger partial charge in [-0.3, -0.25) is 0 Å². The minimum atomic E-state index is 0.657. The van der Waals surface area contributed by atoms with Crippen molar-refractivity contribution >= 4 is 84.6 Å². The van der Waals surface area contributed by atoms with E-state index in [-0.39, 0.29) is 0 Å². The molecule has 4 aromatic heterocycles. The van der Waals surface area contributed by atoms with Crippen LogP contribution >= 0.6 is 34.0 Å². The maximum Gasteiger partial charge on any atom is 0.164 e. The van der Waals surface area contributed by atoms with Crippen LogP contribution in [0.25, 0.3) is 106 Å². The lowest BCUT2D eigenvalue weighted by molar-refractivity contribution is 1.08. The van der Waals surface area contributed by atoms with Gasteiger partial charge in [-0.25, -0.2) is 19.9 Å². The van der Waals surface area contributed by atoms with Crippen LogP contribution in [-0.4, -0.2) is 19.9 Å². The number of hydrogen-bond donors (Lipinski definition) is 0. The van der Waals surface area contributed by atoms with Crippen molar-refractivity contribution in [2.45, 2.75) is 0 Å². The van der Waals surface area contributed by atoms with Gasteiger partial charge in [0.05, 0.1) is 10.2 Å². The van der Waals surface area contributed by atoms with Crippen molar-refractivity contribution in [1.29, 1.82) is 0 Å². The van der Waals surface area contributed by atoms with Crippen LogP contribution in [0, 0.1) is 0 Å². The second-order valence-corrected chi connectivity index (χ2v) is 16.2. The fourth-order valence-electron chi connectivity index (χ4n) is 7.38. The van der Waals surface area contributed by atoms with Gasteiger partial charge < -0.3 is 0 Å². The van der Waals surface area contributed by atoms with Gasteiger partial charge in [-0.2, -0.15) is 0 Å². The first-order chi connectivity index (χ1) is 26.2. The summed E-state index contributed by atoms with van der Waals surface area (Å²) in [6.07, 6.45) is 0. The Kier molecular flexibility index (Phi) is 7.05. The summed E-state index contributed by atoms with van der Waals surface area (Å²) in [5.74, 6) is 1.99. The van der Waals surface area contributed by atoms with Gasteiger partial charge in [-0.1, -0.05) is 121 Å². The smallest absolute Gasteiger partial charge is 0.164 e. The minimum absolute atomic E-state index is 0.657. The molecule has 0 fully saturated rings. The van der Waals surface area contributed by atoms with Gasteiger partial charge in [0.25, 0.3) is 0 Å². The highest BCUT2D eigenvalue weighted by molar-refractivity contribution is 7.26. The Bertz CT molecular complexity index is 3140. The summed E-state index contributed by atoms with van der Waals surface area (Å²) < 4.78 is 6.10. The number of fused-ring (bicyclic) bond motifs is 7. The molecule has 0 saturated heterocycles. The van der Waals surface area contributed by atoms with Gasteiger partial charge in [0.15, 0.2) is 17.5 Å². The Hall–Kier alpha value is -6.12. The Balaban J connectivity index is 1.12. The maximum atomic E-state index is 5.32. The third-order valence-corrected chi connectivity index (χ3v) is 13.2. The number of hydrogen-bond acceptors (Lipinski definition) is 7. The van der Waals surface area contributed by atoms with E-state index in [2.05, 4.69) is 133 Å². The van der Waals surface area contributed by atoms with Crippen LogP contribution in [0.3, 0.4) is 0 Å². The first kappa shape index (κ1) is 30.5. The summed E-state index contributed by atoms with van der Waals surface area (Å²) in [6.45, 7) is 0. The van der Waals surface area contributed by atoms with Crippen LogP contribution in [0.15, 0.2) is 158 Å². The molecule has 0 bridgehead atoms. The molecule has 0 N–H and O–H groups in total. The highest BCUT2D eigenvalue weighted by atomic mass is 32.1. The minimum Gasteiger partial charge on any atom is -0.236 e. The molecule has 4 heterocycles. The monoisotopic (exact) mass is 730 g/mol. The van der Waals surface area contributed by atoms with Gasteiger partial charge in [0, 0.05) is 62.6 Å². The summed E-state index contributed by atoms with van der Waals surface area (Å²) in [4.78, 5) is 20.6. The van der Waals surface area contributed by atoms with Gasteiger partial charge in [-0.05, 0) is 47.5 Å². The Morgan fingerprint density at radius 2 is 0.830 bits per heavy atom. The second kappa shape index (κ2) is 12.2. The SMILES string of the molecule is c1ccc(-c2nc(-c3cccc4sc5ccccc5c34)nc(-c3cccc4sc5cccc(-c6ccc(-c7nc8ccccc8s7)cc6)c5c34)n2)cc1. The molecule has 0 saturated carbocycles. The molecule has 4 nitrogen and oxygen atoms in total. The zero-order valence-corrected chi connectivity index (χ0v) is 30.5. The second-order valence-electron chi connectivity index (χ2n) is 13.0. The van der Waals surface area contributed by atoms with E-state index in [0.717, 1.165) is 43.7 Å². The fraction of sp³-hybridized carbons (Fsp3) is 0. The van der Waals surface area contributed by atoms with E-state index in [1.54, 1.807) is 22.7 Å². The molecular formula is C46H26N4S3. The number of benzene rings is 7. The van der Waals surface area contributed by atoms with E-state index in [1.165, 1.54) is 45.2 Å². The molecule has 0 aliphatic carbocycles. The van der Waals surface area contributed by atoms with Gasteiger partial charge in [0.1, 0.15) is 5.01 Å². The normalized spacial score (nSPS) is 11.8. The predicted octanol–water partition coefficient (Wildman–Crippen LogP) is 13.6. The molecule has 0 spiro atoms. The van der Waals surface area contributed by atoms with Crippen molar-refractivity contribution in [2.75, 3.05) is 0 Å². The Labute approximate surface area is 316 Å². The van der Waals surface area contributed by atoms with Crippen LogP contribution in [0.1, 0.15) is 0 Å². The summed E-state index contributed by atoms with van der Waals surface area (Å²) in [5, 5.41) is 5.81. The first-order valence-electron chi connectivity index (χ1n) is 17.4. The molecule has 0 radical (unpaired) electrons. The van der Waals surface area contributed by atoms with Crippen LogP contribution in [-0.2, 0) is 0 Å². The van der Waals surface area contributed by atoms with Gasteiger partial charge in [0.2, 0.25) is 0 Å². The van der Waals surface area contributed by atoms with Gasteiger partial charge >= 0.3 is 0 Å². The van der Waals surface area contributed by atoms with Crippen molar-refractivity contribution < 1.29 is 0 Å². The topological polar surface area (TPSA) is 51.6 Å². The molecule has 0 aliphatic heterocycles. The third kappa shape index (κ3) is 5.08. The summed E-state index contributed by atoms with van der Waals surface area (Å²) in [5.41, 5.74) is 7.47. The van der Waals surface area contributed by atoms with E-state index >= 15 is 0 Å². The van der Waals surface area contributed by atoms with E-state index in [4.69, 9.17) is 19.9 Å². The number of para-hydroxylation sites is 1. The van der Waals surface area contributed by atoms with Crippen molar-refractivity contribution in [3.63, 3.8) is 0 Å². The predicted molar refractivity (Wildman–Crippen MR) is 226 cm³/mol. The maximum absolute atomic E-state index is 5.32. The molecule has 53 heavy (non-hydrogen) atoms. The van der Waals surface area contributed by atoms with Crippen molar-refractivity contribution in [3.8, 4) is 55.9 Å². The van der Waals surface area contributed by atoms with E-state index < -0.39 is 0 Å². The highest BCUT2D eigenvalue weighted by Gasteiger charge is 2.21. The molecule has 11 aromatic rings. The zero-order chi connectivity index (χ0) is 34.9. The number of thiazole rings is 1. The lowest BCUT2D eigenvalue weighted by atomic mass is 9.96. The molecule has 7 aromatic carbocycles. The van der Waals surface area contributed by atoms with Crippen LogP contribution in [0.5, 0.6) is 0 Å². The van der Waals surface area contributed by atoms with E-state index in [0.29, 0.717) is 17.5 Å². The highest BCUT2D eigenvalue weighted by Crippen LogP contribution is 2.45. The van der Waals surface area contributed by atoms with Crippen molar-refractivity contribution in [2.24, 2.45) is 0 Å². The van der Waals surface area contributed by atoms with Crippen molar-refractivity contribution in [3.05, 3.63) is 158 Å². The lowest BCUT2D eigenvalue weighted by Crippen LogP contribution is -2.00. The molecule has 0 amide bonds. The molecule has 0 unspecified atom stereocenters. The average Bonchev–Trinajstić information content (AvgIpc) is 3.94. The summed E-state index contributed by atoms with van der Waals surface area (Å²) >= 11 is 5.34. The van der Waals surface area contributed by atoms with Crippen molar-refractivity contribution in [1.82, 2.24) is 19.9 Å². The fourth-order valence-corrected chi connectivity index (χ4v) is 10.6. The van der Waals surface area contributed by atoms with E-state index in [9.17, 15) is 0 Å². The molecule has 248 valence electrons. The molecule has 0 atom stereocenters. The number of thiophene rings is 2. The number of aromatic nitrogens is 4. The Morgan fingerprint density at radius 3 is 1.57 bits per heavy atom. The number of rotatable bonds is 5. The molecular weight excluding hydrogens is 705 g/mol. The zero-order valence-electron chi connectivity index (χ0n) is 28.0. The van der Waals surface area contributed by atoms with Gasteiger partial charge in [-0.15, -0.1) is 34.0 Å². The van der Waals surface area contributed by atoms with Crippen LogP contribution < -0.4 is 0 Å². The molecule has 11 rings (SSSR count). The van der Waals surface area contributed by atoms with Crippen LogP contribution in [0.4, 0.5) is 0 Å². The summed E-state index contributed by atoms with van der Waals surface area (Å²) in [7, 11) is 0. The number of nitrogens with zero attached hydrogens (tertiary/aromatic N) is 4. The van der Waals surface area contributed by atoms with Crippen LogP contribution in [0.2, 0.25) is 0 Å². The lowest BCUT2D eigenvalue weighted by Gasteiger charge is -2.11. The quantitative estimate of drug-likeness (QED) is 0.177. The largest absolute Gasteiger partial charge is 0.236 e. The summed E-state index contributed by atoms with van der Waals surface area (Å²) in [6, 6.07) is 55.5. The average molecular weight is 731 g/mol. The Morgan fingerprint density at radius 1 is 0.302 bits per heavy atom. The first-order valence-corrected chi connectivity index (χ1v) is 19.8. The molecule has 0 aliphatic rings. The third-order valence-electron chi connectivity index (χ3n) is 9.81. The molecule has 7 heteroatoms. The standard InChI is InChI=1S/C46H26N4S3/c1-2-11-28(12-3-1)43-48-44(32-15-9-20-37-40(32)31-13-4-6-18-35(31)51-37)50-45(49-43)33-16-10-22-39-42(33)41-30(14-8-21-38(41)52-39)27-23-25-29(26-24-27)46-47-34-17-5-7-19-36(34)53-46/h1-26H.